The van der Waals surface area contributed by atoms with Gasteiger partial charge >= 0.3 is 0 Å². The third-order valence-electron chi connectivity index (χ3n) is 2.85. The SMILES string of the molecule is C=Cc1ccccc1C=Cc1ccccc1C. The molecule has 0 aliphatic rings. The Morgan fingerprint density at radius 3 is 1.94 bits per heavy atom. The second-order valence-electron chi connectivity index (χ2n) is 4.02. The van der Waals surface area contributed by atoms with Gasteiger partial charge in [-0.1, -0.05) is 73.3 Å². The van der Waals surface area contributed by atoms with Crippen molar-refractivity contribution in [2.45, 2.75) is 6.92 Å². The Labute approximate surface area is 103 Å². The van der Waals surface area contributed by atoms with Gasteiger partial charge in [0.2, 0.25) is 0 Å². The highest BCUT2D eigenvalue weighted by Gasteiger charge is 1.94. The molecule has 0 N–H and O–H groups in total. The van der Waals surface area contributed by atoms with Crippen LogP contribution in [0.15, 0.2) is 55.1 Å². The van der Waals surface area contributed by atoms with Crippen molar-refractivity contribution in [3.8, 4) is 0 Å². The first-order valence-corrected chi connectivity index (χ1v) is 5.76. The Kier molecular flexibility index (Phi) is 3.56. The minimum Gasteiger partial charge on any atom is -0.0984 e. The molecular weight excluding hydrogens is 204 g/mol. The minimum absolute atomic E-state index is 1.16. The third kappa shape index (κ3) is 2.73. The highest BCUT2D eigenvalue weighted by molar-refractivity contribution is 5.75. The van der Waals surface area contributed by atoms with Gasteiger partial charge in [0.1, 0.15) is 0 Å². The van der Waals surface area contributed by atoms with E-state index in [0.717, 1.165) is 5.56 Å². The van der Waals surface area contributed by atoms with E-state index >= 15 is 0 Å². The second-order valence-corrected chi connectivity index (χ2v) is 4.02. The fourth-order valence-corrected chi connectivity index (χ4v) is 1.80. The summed E-state index contributed by atoms with van der Waals surface area (Å²) in [6.07, 6.45) is 6.18. The highest BCUT2D eigenvalue weighted by Crippen LogP contribution is 2.15. The van der Waals surface area contributed by atoms with E-state index in [0.29, 0.717) is 0 Å². The molecule has 0 atom stereocenters. The summed E-state index contributed by atoms with van der Waals surface area (Å²) >= 11 is 0. The molecule has 0 spiro atoms. The van der Waals surface area contributed by atoms with Crippen molar-refractivity contribution in [1.29, 1.82) is 0 Å². The van der Waals surface area contributed by atoms with Crippen LogP contribution < -0.4 is 0 Å². The van der Waals surface area contributed by atoms with Gasteiger partial charge in [-0.25, -0.2) is 0 Å². The molecule has 0 nitrogen and oxygen atoms in total. The maximum absolute atomic E-state index is 3.83. The van der Waals surface area contributed by atoms with Crippen molar-refractivity contribution >= 4 is 18.2 Å². The molecule has 0 heteroatoms. The van der Waals surface area contributed by atoms with Crippen LogP contribution in [0.2, 0.25) is 0 Å². The largest absolute Gasteiger partial charge is 0.0984 e. The molecule has 2 aromatic carbocycles. The molecule has 2 rings (SSSR count). The van der Waals surface area contributed by atoms with Crippen molar-refractivity contribution in [1.82, 2.24) is 0 Å². The zero-order valence-corrected chi connectivity index (χ0v) is 10.1. The summed E-state index contributed by atoms with van der Waals surface area (Å²) in [5.41, 5.74) is 4.91. The Balaban J connectivity index is 2.32. The summed E-state index contributed by atoms with van der Waals surface area (Å²) in [5, 5.41) is 0. The second kappa shape index (κ2) is 5.31. The predicted molar refractivity (Wildman–Crippen MR) is 76.6 cm³/mol. The third-order valence-corrected chi connectivity index (χ3v) is 2.85. The number of hydrogen-bond donors (Lipinski definition) is 0. The van der Waals surface area contributed by atoms with E-state index in [9.17, 15) is 0 Å². The first kappa shape index (κ1) is 11.4. The molecule has 0 saturated heterocycles. The van der Waals surface area contributed by atoms with Crippen LogP contribution in [0.1, 0.15) is 22.3 Å². The molecule has 0 amide bonds. The average Bonchev–Trinajstić information content (AvgIpc) is 2.38. The van der Waals surface area contributed by atoms with Crippen molar-refractivity contribution in [3.05, 3.63) is 77.4 Å². The summed E-state index contributed by atoms with van der Waals surface area (Å²) in [6, 6.07) is 16.6. The van der Waals surface area contributed by atoms with Crippen molar-refractivity contribution in [2.24, 2.45) is 0 Å². The monoisotopic (exact) mass is 220 g/mol. The van der Waals surface area contributed by atoms with E-state index in [2.05, 4.69) is 62.1 Å². The molecule has 0 radical (unpaired) electrons. The quantitative estimate of drug-likeness (QED) is 0.651. The normalized spacial score (nSPS) is 10.6. The van der Waals surface area contributed by atoms with Gasteiger partial charge in [-0.15, -0.1) is 0 Å². The van der Waals surface area contributed by atoms with Crippen molar-refractivity contribution in [2.75, 3.05) is 0 Å². The average molecular weight is 220 g/mol. The van der Waals surface area contributed by atoms with Crippen LogP contribution in [0.5, 0.6) is 0 Å². The molecule has 0 aliphatic carbocycles. The minimum atomic E-state index is 1.16. The summed E-state index contributed by atoms with van der Waals surface area (Å²) in [5.74, 6) is 0. The van der Waals surface area contributed by atoms with Crippen LogP contribution in [0.25, 0.3) is 18.2 Å². The van der Waals surface area contributed by atoms with E-state index in [1.807, 2.05) is 18.2 Å². The zero-order chi connectivity index (χ0) is 12.1. The molecule has 0 aromatic heterocycles. The van der Waals surface area contributed by atoms with Gasteiger partial charge in [-0.05, 0) is 29.2 Å². The van der Waals surface area contributed by atoms with Crippen LogP contribution in [-0.2, 0) is 0 Å². The molecule has 2 aromatic rings. The molecule has 17 heavy (non-hydrogen) atoms. The van der Waals surface area contributed by atoms with Gasteiger partial charge in [0.15, 0.2) is 0 Å². The van der Waals surface area contributed by atoms with Crippen molar-refractivity contribution in [3.63, 3.8) is 0 Å². The Morgan fingerprint density at radius 2 is 1.29 bits per heavy atom. The number of aryl methyl sites for hydroxylation is 1. The van der Waals surface area contributed by atoms with E-state index in [4.69, 9.17) is 0 Å². The lowest BCUT2D eigenvalue weighted by atomic mass is 10.0. The van der Waals surface area contributed by atoms with E-state index in [1.165, 1.54) is 16.7 Å². The Morgan fingerprint density at radius 1 is 0.765 bits per heavy atom. The number of rotatable bonds is 3. The van der Waals surface area contributed by atoms with E-state index < -0.39 is 0 Å². The fraction of sp³-hybridized carbons (Fsp3) is 0.0588. The van der Waals surface area contributed by atoms with E-state index in [1.54, 1.807) is 0 Å². The van der Waals surface area contributed by atoms with Crippen LogP contribution in [0.3, 0.4) is 0 Å². The van der Waals surface area contributed by atoms with Crippen molar-refractivity contribution < 1.29 is 0 Å². The summed E-state index contributed by atoms with van der Waals surface area (Å²) < 4.78 is 0. The highest BCUT2D eigenvalue weighted by atomic mass is 14.0. The smallest absolute Gasteiger partial charge is 0.0184 e. The van der Waals surface area contributed by atoms with Gasteiger partial charge in [0, 0.05) is 0 Å². The summed E-state index contributed by atoms with van der Waals surface area (Å²) in [4.78, 5) is 0. The topological polar surface area (TPSA) is 0 Å². The van der Waals surface area contributed by atoms with Crippen LogP contribution in [-0.4, -0.2) is 0 Å². The molecule has 84 valence electrons. The summed E-state index contributed by atoms with van der Waals surface area (Å²) in [6.45, 7) is 5.95. The maximum atomic E-state index is 3.83. The fourth-order valence-electron chi connectivity index (χ4n) is 1.80. The van der Waals surface area contributed by atoms with Gasteiger partial charge in [-0.3, -0.25) is 0 Å². The molecule has 0 bridgehead atoms. The lowest BCUT2D eigenvalue weighted by Crippen LogP contribution is -1.80. The van der Waals surface area contributed by atoms with Crippen LogP contribution >= 0.6 is 0 Å². The predicted octanol–water partition coefficient (Wildman–Crippen LogP) is 4.81. The maximum Gasteiger partial charge on any atom is -0.0184 e. The van der Waals surface area contributed by atoms with Gasteiger partial charge in [-0.2, -0.15) is 0 Å². The first-order chi connectivity index (χ1) is 8.31. The number of benzene rings is 2. The molecule has 0 fully saturated rings. The Hall–Kier alpha value is -2.08. The summed E-state index contributed by atoms with van der Waals surface area (Å²) in [7, 11) is 0. The molecule has 0 unspecified atom stereocenters. The standard InChI is InChI=1S/C17H16/c1-3-15-9-6-7-11-17(15)13-12-16-10-5-4-8-14(16)2/h3-13H,1H2,2H3. The van der Waals surface area contributed by atoms with Gasteiger partial charge in [0.05, 0.1) is 0 Å². The van der Waals surface area contributed by atoms with E-state index in [-0.39, 0.29) is 0 Å². The molecular formula is C17H16. The molecule has 0 saturated carbocycles. The molecule has 0 aliphatic heterocycles. The van der Waals surface area contributed by atoms with Crippen LogP contribution in [0, 0.1) is 6.92 Å². The number of hydrogen-bond acceptors (Lipinski definition) is 0. The van der Waals surface area contributed by atoms with Crippen LogP contribution in [0.4, 0.5) is 0 Å². The first-order valence-electron chi connectivity index (χ1n) is 5.76. The Bertz CT molecular complexity index is 547. The lowest BCUT2D eigenvalue weighted by Gasteiger charge is -2.01. The zero-order valence-electron chi connectivity index (χ0n) is 10.1. The lowest BCUT2D eigenvalue weighted by molar-refractivity contribution is 1.45. The van der Waals surface area contributed by atoms with Gasteiger partial charge < -0.3 is 0 Å². The van der Waals surface area contributed by atoms with Gasteiger partial charge in [0.25, 0.3) is 0 Å². The molecule has 0 heterocycles.